The Bertz CT molecular complexity index is 944. The second-order valence-corrected chi connectivity index (χ2v) is 9.83. The van der Waals surface area contributed by atoms with Gasteiger partial charge in [-0.25, -0.2) is 13.5 Å². The molecule has 27 heavy (non-hydrogen) atoms. The molecule has 1 atom stereocenters. The number of hydrogen-bond acceptors (Lipinski definition) is 6. The van der Waals surface area contributed by atoms with Crippen molar-refractivity contribution in [3.63, 3.8) is 0 Å². The van der Waals surface area contributed by atoms with Crippen LogP contribution in [0.3, 0.4) is 0 Å². The van der Waals surface area contributed by atoms with Gasteiger partial charge in [0, 0.05) is 11.7 Å². The number of sulfone groups is 1. The Morgan fingerprint density at radius 1 is 1.07 bits per heavy atom. The molecular formula is C19H25N5O2S. The van der Waals surface area contributed by atoms with E-state index in [1.807, 2.05) is 0 Å². The summed E-state index contributed by atoms with van der Waals surface area (Å²) >= 11 is 0. The Kier molecular flexibility index (Phi) is 4.20. The Labute approximate surface area is 159 Å². The number of H-pyrrole nitrogens is 1. The molecule has 144 valence electrons. The summed E-state index contributed by atoms with van der Waals surface area (Å²) in [6.45, 7) is 0.880. The minimum Gasteiger partial charge on any atom is -0.324 e. The van der Waals surface area contributed by atoms with Gasteiger partial charge in [0.25, 0.3) is 5.16 Å². The van der Waals surface area contributed by atoms with Crippen LogP contribution >= 0.6 is 0 Å². The molecule has 0 amide bonds. The van der Waals surface area contributed by atoms with Crippen molar-refractivity contribution >= 4 is 21.5 Å². The molecule has 1 aromatic heterocycles. The van der Waals surface area contributed by atoms with Crippen molar-refractivity contribution in [2.75, 3.05) is 17.6 Å². The predicted molar refractivity (Wildman–Crippen MR) is 103 cm³/mol. The van der Waals surface area contributed by atoms with E-state index in [0.29, 0.717) is 5.95 Å². The zero-order chi connectivity index (χ0) is 18.4. The minimum absolute atomic E-state index is 0.00516. The number of aromatic nitrogens is 3. The topological polar surface area (TPSA) is 99.8 Å². The molecule has 8 heteroatoms. The first-order chi connectivity index (χ1) is 13.1. The summed E-state index contributed by atoms with van der Waals surface area (Å²) in [5.74, 6) is 0.475. The third-order valence-electron chi connectivity index (χ3n) is 6.04. The Morgan fingerprint density at radius 3 is 2.48 bits per heavy atom. The molecule has 1 aliphatic heterocycles. The van der Waals surface area contributed by atoms with Crippen LogP contribution in [0.2, 0.25) is 0 Å². The van der Waals surface area contributed by atoms with Crippen molar-refractivity contribution < 1.29 is 8.42 Å². The number of fused-ring (bicyclic) bond motifs is 2. The Balaban J connectivity index is 1.42. The molecule has 0 saturated carbocycles. The van der Waals surface area contributed by atoms with Crippen molar-refractivity contribution in [2.45, 2.75) is 62.6 Å². The summed E-state index contributed by atoms with van der Waals surface area (Å²) in [5, 5.41) is 13.3. The summed E-state index contributed by atoms with van der Waals surface area (Å²) in [5.41, 5.74) is 6.73. The highest BCUT2D eigenvalue weighted by molar-refractivity contribution is 7.91. The van der Waals surface area contributed by atoms with Crippen LogP contribution < -0.4 is 10.6 Å². The van der Waals surface area contributed by atoms with Crippen molar-refractivity contribution in [1.29, 1.82) is 0 Å². The van der Waals surface area contributed by atoms with Gasteiger partial charge in [0.05, 0.1) is 5.75 Å². The minimum atomic E-state index is -3.49. The van der Waals surface area contributed by atoms with E-state index in [-0.39, 0.29) is 17.0 Å². The summed E-state index contributed by atoms with van der Waals surface area (Å²) in [4.78, 5) is 4.28. The van der Waals surface area contributed by atoms with Crippen LogP contribution in [0.4, 0.5) is 11.6 Å². The van der Waals surface area contributed by atoms with Gasteiger partial charge in [0.1, 0.15) is 0 Å². The van der Waals surface area contributed by atoms with E-state index in [1.165, 1.54) is 35.1 Å². The zero-order valence-corrected chi connectivity index (χ0v) is 16.2. The van der Waals surface area contributed by atoms with E-state index in [2.05, 4.69) is 31.9 Å². The third-order valence-corrected chi connectivity index (χ3v) is 7.62. The molecule has 1 aromatic carbocycles. The molecule has 2 aliphatic carbocycles. The molecule has 3 aliphatic rings. The fourth-order valence-corrected chi connectivity index (χ4v) is 6.14. The zero-order valence-electron chi connectivity index (χ0n) is 15.3. The van der Waals surface area contributed by atoms with Gasteiger partial charge in [-0.1, -0.05) is 6.07 Å². The molecular weight excluding hydrogens is 362 g/mol. The summed E-state index contributed by atoms with van der Waals surface area (Å²) in [6.07, 6.45) is 8.65. The van der Waals surface area contributed by atoms with Gasteiger partial charge in [-0.2, -0.15) is 4.98 Å². The number of nitrogens with zero attached hydrogens (tertiary/aromatic N) is 2. The van der Waals surface area contributed by atoms with Crippen molar-refractivity contribution in [3.05, 3.63) is 28.3 Å². The first-order valence-electron chi connectivity index (χ1n) is 9.92. The van der Waals surface area contributed by atoms with E-state index >= 15 is 0 Å². The lowest BCUT2D eigenvalue weighted by Gasteiger charge is -2.15. The normalized spacial score (nSPS) is 21.4. The molecule has 0 bridgehead atoms. The van der Waals surface area contributed by atoms with Crippen LogP contribution in [0.15, 0.2) is 11.2 Å². The van der Waals surface area contributed by atoms with Gasteiger partial charge in [0.15, 0.2) is 0 Å². The number of hydrogen-bond donors (Lipinski definition) is 3. The number of aryl methyl sites for hydroxylation is 2. The fourth-order valence-electron chi connectivity index (χ4n) is 4.77. The van der Waals surface area contributed by atoms with Crippen LogP contribution in [-0.4, -0.2) is 41.9 Å². The monoisotopic (exact) mass is 387 g/mol. The first-order valence-corrected chi connectivity index (χ1v) is 11.6. The van der Waals surface area contributed by atoms with Gasteiger partial charge in [0.2, 0.25) is 15.8 Å². The molecule has 3 N–H and O–H groups in total. The highest BCUT2D eigenvalue weighted by atomic mass is 32.2. The average molecular weight is 388 g/mol. The molecule has 0 spiro atoms. The lowest BCUT2D eigenvalue weighted by molar-refractivity contribution is 0.569. The van der Waals surface area contributed by atoms with E-state index in [1.54, 1.807) is 0 Å². The van der Waals surface area contributed by atoms with Crippen LogP contribution in [0.1, 0.15) is 47.9 Å². The lowest BCUT2D eigenvalue weighted by Crippen LogP contribution is -2.30. The number of aromatic amines is 1. The standard InChI is InChI=1S/C19H25N5O2S/c25-27(26,11-14-6-3-9-20-14)19-22-18(23-24-19)21-17-15-7-1-4-12(15)10-13-5-2-8-16(13)17/h10,14,20H,1-9,11H2,(H2,21,22,23,24). The summed E-state index contributed by atoms with van der Waals surface area (Å²) in [7, 11) is -3.49. The van der Waals surface area contributed by atoms with Crippen molar-refractivity contribution in [1.82, 2.24) is 20.5 Å². The largest absolute Gasteiger partial charge is 0.324 e. The number of rotatable bonds is 5. The molecule has 1 fully saturated rings. The molecule has 2 heterocycles. The Hall–Kier alpha value is -1.93. The molecule has 1 saturated heterocycles. The average Bonchev–Trinajstić information content (AvgIpc) is 3.41. The van der Waals surface area contributed by atoms with Gasteiger partial charge in [-0.15, -0.1) is 5.10 Å². The smallest absolute Gasteiger partial charge is 0.268 e. The number of benzene rings is 1. The molecule has 0 radical (unpaired) electrons. The molecule has 5 rings (SSSR count). The maximum absolute atomic E-state index is 12.6. The highest BCUT2D eigenvalue weighted by Gasteiger charge is 2.28. The summed E-state index contributed by atoms with van der Waals surface area (Å²) in [6, 6.07) is 2.38. The Morgan fingerprint density at radius 2 is 1.81 bits per heavy atom. The first kappa shape index (κ1) is 17.2. The molecule has 1 unspecified atom stereocenters. The number of nitrogens with one attached hydrogen (secondary N) is 3. The van der Waals surface area contributed by atoms with Crippen molar-refractivity contribution in [3.8, 4) is 0 Å². The van der Waals surface area contributed by atoms with E-state index < -0.39 is 9.84 Å². The SMILES string of the molecule is O=S(=O)(CC1CCCN1)c1n[nH]c(Nc2c3c(cc4c2CCC4)CCC3)n1. The van der Waals surface area contributed by atoms with Gasteiger partial charge in [-0.05, 0) is 80.2 Å². The van der Waals surface area contributed by atoms with Gasteiger partial charge < -0.3 is 10.6 Å². The van der Waals surface area contributed by atoms with E-state index in [4.69, 9.17) is 0 Å². The number of anilines is 2. The second kappa shape index (κ2) is 6.60. The third kappa shape index (κ3) is 3.14. The summed E-state index contributed by atoms with van der Waals surface area (Å²) < 4.78 is 25.2. The quantitative estimate of drug-likeness (QED) is 0.726. The van der Waals surface area contributed by atoms with E-state index in [0.717, 1.165) is 50.8 Å². The van der Waals surface area contributed by atoms with Crippen LogP contribution in [0.5, 0.6) is 0 Å². The predicted octanol–water partition coefficient (Wildman–Crippen LogP) is 2.05. The molecule has 2 aromatic rings. The maximum atomic E-state index is 12.6. The van der Waals surface area contributed by atoms with Crippen molar-refractivity contribution in [2.24, 2.45) is 0 Å². The van der Waals surface area contributed by atoms with E-state index in [9.17, 15) is 8.42 Å². The van der Waals surface area contributed by atoms with Crippen LogP contribution in [0.25, 0.3) is 0 Å². The van der Waals surface area contributed by atoms with Crippen LogP contribution in [-0.2, 0) is 35.5 Å². The fraction of sp³-hybridized carbons (Fsp3) is 0.579. The molecule has 7 nitrogen and oxygen atoms in total. The van der Waals surface area contributed by atoms with Crippen LogP contribution in [0, 0.1) is 0 Å². The lowest BCUT2D eigenvalue weighted by atomic mass is 9.99. The second-order valence-electron chi connectivity index (χ2n) is 7.90. The van der Waals surface area contributed by atoms with Gasteiger partial charge in [-0.3, -0.25) is 0 Å². The van der Waals surface area contributed by atoms with Gasteiger partial charge >= 0.3 is 0 Å². The highest BCUT2D eigenvalue weighted by Crippen LogP contribution is 2.39. The maximum Gasteiger partial charge on any atom is 0.268 e.